The SMILES string of the molecule is C=C/C=C(\C=NC)C(=O)c1c(N)sc(C)c1C. The minimum Gasteiger partial charge on any atom is -0.390 e. The van der Waals surface area contributed by atoms with E-state index in [1.54, 1.807) is 19.2 Å². The maximum atomic E-state index is 12.3. The van der Waals surface area contributed by atoms with Crippen LogP contribution in [0.4, 0.5) is 5.00 Å². The van der Waals surface area contributed by atoms with Crippen LogP contribution in [0.1, 0.15) is 20.8 Å². The summed E-state index contributed by atoms with van der Waals surface area (Å²) < 4.78 is 0. The van der Waals surface area contributed by atoms with Gasteiger partial charge in [0.15, 0.2) is 5.78 Å². The second kappa shape index (κ2) is 5.59. The summed E-state index contributed by atoms with van der Waals surface area (Å²) in [6.45, 7) is 7.45. The van der Waals surface area contributed by atoms with Gasteiger partial charge in [0.1, 0.15) is 0 Å². The number of ketones is 1. The fraction of sp³-hybridized carbons (Fsp3) is 0.231. The van der Waals surface area contributed by atoms with E-state index >= 15 is 0 Å². The molecule has 90 valence electrons. The minimum atomic E-state index is -0.102. The number of allylic oxidation sites excluding steroid dienone is 3. The summed E-state index contributed by atoms with van der Waals surface area (Å²) in [5, 5.41) is 0.560. The number of hydrogen-bond acceptors (Lipinski definition) is 4. The molecule has 0 saturated carbocycles. The summed E-state index contributed by atoms with van der Waals surface area (Å²) in [6.07, 6.45) is 4.73. The Hall–Kier alpha value is -1.68. The quantitative estimate of drug-likeness (QED) is 0.385. The maximum absolute atomic E-state index is 12.3. The number of thiophene rings is 1. The number of rotatable bonds is 4. The Kier molecular flexibility index (Phi) is 4.40. The third-order valence-electron chi connectivity index (χ3n) is 2.47. The number of carbonyl (C=O) groups is 1. The van der Waals surface area contributed by atoms with Crippen molar-refractivity contribution in [2.75, 3.05) is 12.8 Å². The van der Waals surface area contributed by atoms with Crippen molar-refractivity contribution in [2.24, 2.45) is 4.99 Å². The van der Waals surface area contributed by atoms with Gasteiger partial charge in [0.2, 0.25) is 0 Å². The van der Waals surface area contributed by atoms with Gasteiger partial charge in [-0.25, -0.2) is 0 Å². The summed E-state index contributed by atoms with van der Waals surface area (Å²) >= 11 is 1.44. The largest absolute Gasteiger partial charge is 0.390 e. The molecule has 0 fully saturated rings. The number of nitrogens with two attached hydrogens (primary N) is 1. The van der Waals surface area contributed by atoms with E-state index in [1.807, 2.05) is 13.8 Å². The van der Waals surface area contributed by atoms with Crippen LogP contribution in [0.25, 0.3) is 0 Å². The van der Waals surface area contributed by atoms with Crippen molar-refractivity contribution in [3.05, 3.63) is 40.3 Å². The molecule has 0 aliphatic heterocycles. The highest BCUT2D eigenvalue weighted by Crippen LogP contribution is 2.31. The summed E-state index contributed by atoms with van der Waals surface area (Å²) in [5.74, 6) is -0.102. The summed E-state index contributed by atoms with van der Waals surface area (Å²) in [7, 11) is 1.62. The molecule has 1 aromatic rings. The molecule has 0 aliphatic rings. The van der Waals surface area contributed by atoms with Gasteiger partial charge in [-0.1, -0.05) is 18.7 Å². The highest BCUT2D eigenvalue weighted by molar-refractivity contribution is 7.16. The van der Waals surface area contributed by atoms with Crippen LogP contribution in [0.2, 0.25) is 0 Å². The van der Waals surface area contributed by atoms with E-state index in [9.17, 15) is 4.79 Å². The molecule has 1 rings (SSSR count). The first kappa shape index (κ1) is 13.4. The molecule has 0 radical (unpaired) electrons. The van der Waals surface area contributed by atoms with E-state index in [0.717, 1.165) is 10.4 Å². The first-order chi connectivity index (χ1) is 8.02. The predicted octanol–water partition coefficient (Wildman–Crippen LogP) is 2.94. The molecule has 0 aliphatic carbocycles. The molecule has 0 atom stereocenters. The van der Waals surface area contributed by atoms with Gasteiger partial charge in [0.05, 0.1) is 10.6 Å². The van der Waals surface area contributed by atoms with Gasteiger partial charge in [-0.3, -0.25) is 9.79 Å². The number of aliphatic imine (C=N–C) groups is 1. The van der Waals surface area contributed by atoms with Crippen molar-refractivity contribution in [3.8, 4) is 0 Å². The van der Waals surface area contributed by atoms with Crippen molar-refractivity contribution in [1.82, 2.24) is 0 Å². The number of nitrogens with zero attached hydrogens (tertiary/aromatic N) is 1. The number of aryl methyl sites for hydroxylation is 1. The first-order valence-electron chi connectivity index (χ1n) is 5.18. The van der Waals surface area contributed by atoms with E-state index in [0.29, 0.717) is 16.1 Å². The lowest BCUT2D eigenvalue weighted by Crippen LogP contribution is -2.07. The van der Waals surface area contributed by atoms with Crippen molar-refractivity contribution in [2.45, 2.75) is 13.8 Å². The Morgan fingerprint density at radius 3 is 2.53 bits per heavy atom. The fourth-order valence-corrected chi connectivity index (χ4v) is 2.46. The Labute approximate surface area is 105 Å². The molecular formula is C13H16N2OS. The lowest BCUT2D eigenvalue weighted by atomic mass is 10.0. The second-order valence-corrected chi connectivity index (χ2v) is 4.85. The normalized spacial score (nSPS) is 12.1. The number of hydrogen-bond donors (Lipinski definition) is 1. The minimum absolute atomic E-state index is 0.102. The van der Waals surface area contributed by atoms with Gasteiger partial charge in [-0.15, -0.1) is 11.3 Å². The molecule has 17 heavy (non-hydrogen) atoms. The monoisotopic (exact) mass is 248 g/mol. The van der Waals surface area contributed by atoms with Crippen LogP contribution in [0.3, 0.4) is 0 Å². The summed E-state index contributed by atoms with van der Waals surface area (Å²) in [4.78, 5) is 17.2. The van der Waals surface area contributed by atoms with Crippen molar-refractivity contribution >= 4 is 28.3 Å². The average molecular weight is 248 g/mol. The third kappa shape index (κ3) is 2.71. The average Bonchev–Trinajstić information content (AvgIpc) is 2.52. The molecule has 1 aromatic heterocycles. The Morgan fingerprint density at radius 1 is 1.47 bits per heavy atom. The van der Waals surface area contributed by atoms with Gasteiger partial charge in [-0.2, -0.15) is 0 Å². The van der Waals surface area contributed by atoms with E-state index in [-0.39, 0.29) is 5.78 Å². The number of carbonyl (C=O) groups excluding carboxylic acids is 1. The Bertz CT molecular complexity index is 510. The third-order valence-corrected chi connectivity index (χ3v) is 3.50. The van der Waals surface area contributed by atoms with Gasteiger partial charge < -0.3 is 5.73 Å². The Balaban J connectivity index is 3.28. The first-order valence-corrected chi connectivity index (χ1v) is 5.99. The lowest BCUT2D eigenvalue weighted by molar-refractivity contribution is 0.104. The molecule has 0 saturated heterocycles. The molecule has 4 heteroatoms. The summed E-state index contributed by atoms with van der Waals surface area (Å²) in [6, 6.07) is 0. The van der Waals surface area contributed by atoms with Gasteiger partial charge in [-0.05, 0) is 19.4 Å². The standard InChI is InChI=1S/C13H16N2OS/c1-5-6-10(7-15-4)12(16)11-8(2)9(3)17-13(11)14/h5-7H,1,14H2,2-4H3/b10-6+,15-7?. The maximum Gasteiger partial charge on any atom is 0.197 e. The molecule has 0 bridgehead atoms. The molecule has 0 amide bonds. The molecule has 3 nitrogen and oxygen atoms in total. The van der Waals surface area contributed by atoms with Crippen LogP contribution in [-0.4, -0.2) is 19.0 Å². The lowest BCUT2D eigenvalue weighted by Gasteiger charge is -2.02. The fourth-order valence-electron chi connectivity index (χ4n) is 1.52. The van der Waals surface area contributed by atoms with E-state index < -0.39 is 0 Å². The second-order valence-electron chi connectivity index (χ2n) is 3.60. The highest BCUT2D eigenvalue weighted by Gasteiger charge is 2.19. The van der Waals surface area contributed by atoms with E-state index in [1.165, 1.54) is 17.6 Å². The van der Waals surface area contributed by atoms with Crippen molar-refractivity contribution < 1.29 is 4.79 Å². The van der Waals surface area contributed by atoms with Gasteiger partial charge in [0, 0.05) is 23.7 Å². The summed E-state index contributed by atoms with van der Waals surface area (Å²) in [5.41, 5.74) is 7.89. The predicted molar refractivity (Wildman–Crippen MR) is 75.2 cm³/mol. The van der Waals surface area contributed by atoms with Crippen LogP contribution >= 0.6 is 11.3 Å². The zero-order chi connectivity index (χ0) is 13.0. The number of nitrogen functional groups attached to an aromatic ring is 1. The topological polar surface area (TPSA) is 55.5 Å². The van der Waals surface area contributed by atoms with E-state index in [4.69, 9.17) is 5.73 Å². The van der Waals surface area contributed by atoms with Gasteiger partial charge >= 0.3 is 0 Å². The van der Waals surface area contributed by atoms with Crippen LogP contribution in [0.15, 0.2) is 29.3 Å². The molecule has 2 N–H and O–H groups in total. The Morgan fingerprint density at radius 2 is 2.12 bits per heavy atom. The van der Waals surface area contributed by atoms with Crippen LogP contribution in [-0.2, 0) is 0 Å². The molecule has 0 unspecified atom stereocenters. The molecular weight excluding hydrogens is 232 g/mol. The smallest absolute Gasteiger partial charge is 0.197 e. The van der Waals surface area contributed by atoms with Crippen LogP contribution in [0, 0.1) is 13.8 Å². The van der Waals surface area contributed by atoms with Crippen molar-refractivity contribution in [1.29, 1.82) is 0 Å². The highest BCUT2D eigenvalue weighted by atomic mass is 32.1. The number of anilines is 1. The zero-order valence-electron chi connectivity index (χ0n) is 10.3. The van der Waals surface area contributed by atoms with Crippen molar-refractivity contribution in [3.63, 3.8) is 0 Å². The number of Topliss-reactive ketones (excluding diaryl/α,β-unsaturated/α-hetero) is 1. The molecule has 0 spiro atoms. The molecule has 1 heterocycles. The molecule has 0 aromatic carbocycles. The van der Waals surface area contributed by atoms with Crippen LogP contribution in [0.5, 0.6) is 0 Å². The zero-order valence-corrected chi connectivity index (χ0v) is 11.1. The van der Waals surface area contributed by atoms with Crippen LogP contribution < -0.4 is 5.73 Å². The van der Waals surface area contributed by atoms with E-state index in [2.05, 4.69) is 11.6 Å². The van der Waals surface area contributed by atoms with Gasteiger partial charge in [0.25, 0.3) is 0 Å².